The van der Waals surface area contributed by atoms with Gasteiger partial charge in [0.25, 0.3) is 5.91 Å². The molecular weight excluding hydrogens is 400 g/mol. The van der Waals surface area contributed by atoms with Crippen LogP contribution in [0.5, 0.6) is 5.75 Å². The van der Waals surface area contributed by atoms with Crippen LogP contribution in [-0.4, -0.2) is 34.8 Å². The monoisotopic (exact) mass is 420 g/mol. The first kappa shape index (κ1) is 18.7. The molecule has 0 radical (unpaired) electrons. The Balaban J connectivity index is 2.04. The Bertz CT molecular complexity index is 864. The summed E-state index contributed by atoms with van der Waals surface area (Å²) in [6.07, 6.45) is 1.22. The molecule has 0 aliphatic carbocycles. The molecule has 2 heterocycles. The van der Waals surface area contributed by atoms with Crippen LogP contribution in [0.15, 0.2) is 45.8 Å². The number of hydrogen-bond donors (Lipinski definition) is 0. The van der Waals surface area contributed by atoms with Gasteiger partial charge in [-0.05, 0) is 35.3 Å². The van der Waals surface area contributed by atoms with Crippen LogP contribution < -0.4 is 10.2 Å². The third-order valence-corrected chi connectivity index (χ3v) is 4.91. The highest BCUT2D eigenvalue weighted by Gasteiger charge is 2.37. The first-order valence-corrected chi connectivity index (χ1v) is 9.18. The van der Waals surface area contributed by atoms with Gasteiger partial charge in [-0.15, -0.1) is 0 Å². The molecule has 2 aromatic rings. The number of amides is 1. The second-order valence-corrected chi connectivity index (χ2v) is 7.26. The number of benzene rings is 1. The number of nitrogens with zero attached hydrogens (tertiary/aromatic N) is 2. The highest BCUT2D eigenvalue weighted by molar-refractivity contribution is 9.10. The predicted molar refractivity (Wildman–Crippen MR) is 101 cm³/mol. The Morgan fingerprint density at radius 1 is 1.23 bits per heavy atom. The Kier molecular flexibility index (Phi) is 5.48. The Hall–Kier alpha value is -2.12. The summed E-state index contributed by atoms with van der Waals surface area (Å²) >= 11 is 3.28. The van der Waals surface area contributed by atoms with Crippen LogP contribution >= 0.6 is 15.9 Å². The molecule has 1 aromatic carbocycles. The van der Waals surface area contributed by atoms with Gasteiger partial charge in [-0.1, -0.05) is 30.3 Å². The Labute approximate surface area is 160 Å². The average molecular weight is 421 g/mol. The average Bonchev–Trinajstić information content (AvgIpc) is 2.62. The molecule has 1 unspecified atom stereocenters. The maximum atomic E-state index is 13.1. The number of carbonyl (C=O) groups is 1. The molecule has 0 fully saturated rings. The molecule has 26 heavy (non-hydrogen) atoms. The number of aromatic nitrogens is 1. The minimum Gasteiger partial charge on any atom is -0.483 e. The lowest BCUT2D eigenvalue weighted by Crippen LogP contribution is -2.53. The predicted octanol–water partition coefficient (Wildman–Crippen LogP) is 3.03. The normalized spacial score (nSPS) is 16.7. The van der Waals surface area contributed by atoms with Gasteiger partial charge in [0.2, 0.25) is 5.43 Å². The fraction of sp³-hybridized carbons (Fsp3) is 0.368. The van der Waals surface area contributed by atoms with Gasteiger partial charge in [0.15, 0.2) is 17.7 Å². The van der Waals surface area contributed by atoms with Crippen molar-refractivity contribution in [3.05, 3.63) is 62.5 Å². The second kappa shape index (κ2) is 7.63. The molecule has 1 atom stereocenters. The van der Waals surface area contributed by atoms with Crippen LogP contribution in [-0.2, 0) is 17.9 Å². The largest absolute Gasteiger partial charge is 0.483 e. The quantitative estimate of drug-likeness (QED) is 0.745. The van der Waals surface area contributed by atoms with Crippen LogP contribution in [0.4, 0.5) is 0 Å². The molecular formula is C19H21BrN2O4. The molecule has 0 spiro atoms. The van der Waals surface area contributed by atoms with Gasteiger partial charge in [-0.3, -0.25) is 9.59 Å². The van der Waals surface area contributed by atoms with Crippen LogP contribution in [0, 0.1) is 0 Å². The highest BCUT2D eigenvalue weighted by Crippen LogP contribution is 2.28. The molecule has 0 bridgehead atoms. The van der Waals surface area contributed by atoms with E-state index in [1.54, 1.807) is 22.8 Å². The lowest BCUT2D eigenvalue weighted by molar-refractivity contribution is -0.0514. The van der Waals surface area contributed by atoms with Crippen molar-refractivity contribution in [2.45, 2.75) is 39.3 Å². The zero-order valence-corrected chi connectivity index (χ0v) is 16.5. The molecule has 0 N–H and O–H groups in total. The first-order valence-electron chi connectivity index (χ1n) is 8.39. The summed E-state index contributed by atoms with van der Waals surface area (Å²) in [6, 6.07) is 9.46. The molecule has 6 nitrogen and oxygen atoms in total. The van der Waals surface area contributed by atoms with Crippen LogP contribution in [0.1, 0.15) is 29.9 Å². The fourth-order valence-corrected chi connectivity index (χ4v) is 3.53. The summed E-state index contributed by atoms with van der Waals surface area (Å²) in [5, 5.41) is 0. The number of fused-ring (bicyclic) bond motifs is 1. The van der Waals surface area contributed by atoms with E-state index in [0.717, 1.165) is 5.56 Å². The molecule has 1 aliphatic heterocycles. The SMILES string of the molecule is COC1Cn2cc(Br)c(=O)c(OCc3ccccc3)c2C(=O)N1C(C)C. The number of carbonyl (C=O) groups excluding carboxylic acids is 1. The van der Waals surface area contributed by atoms with Crippen molar-refractivity contribution < 1.29 is 14.3 Å². The number of hydrogen-bond acceptors (Lipinski definition) is 4. The lowest BCUT2D eigenvalue weighted by Gasteiger charge is -2.39. The standard InChI is InChI=1S/C19H21BrN2O4/c1-12(2)22-15(25-3)10-21-9-14(20)17(23)18(16(21)19(22)24)26-11-13-7-5-4-6-8-13/h4-9,12,15H,10-11H2,1-3H3. The maximum Gasteiger partial charge on any atom is 0.276 e. The maximum absolute atomic E-state index is 13.1. The third-order valence-electron chi connectivity index (χ3n) is 4.35. The molecule has 1 aliphatic rings. The van der Waals surface area contributed by atoms with Crippen molar-refractivity contribution in [3.63, 3.8) is 0 Å². The van der Waals surface area contributed by atoms with Crippen molar-refractivity contribution in [2.75, 3.05) is 7.11 Å². The van der Waals surface area contributed by atoms with Crippen LogP contribution in [0.2, 0.25) is 0 Å². The number of ether oxygens (including phenoxy) is 2. The second-order valence-electron chi connectivity index (χ2n) is 6.41. The molecule has 0 saturated carbocycles. The summed E-state index contributed by atoms with van der Waals surface area (Å²) in [4.78, 5) is 27.4. The summed E-state index contributed by atoms with van der Waals surface area (Å²) in [7, 11) is 1.57. The zero-order chi connectivity index (χ0) is 18.8. The van der Waals surface area contributed by atoms with Gasteiger partial charge in [0, 0.05) is 19.3 Å². The third kappa shape index (κ3) is 3.41. The molecule has 3 rings (SSSR count). The van der Waals surface area contributed by atoms with Crippen molar-refractivity contribution in [3.8, 4) is 5.75 Å². The minimum absolute atomic E-state index is 0.0634. The van der Waals surface area contributed by atoms with E-state index in [1.807, 2.05) is 44.2 Å². The van der Waals surface area contributed by atoms with Gasteiger partial charge in [0.05, 0.1) is 11.0 Å². The van der Waals surface area contributed by atoms with E-state index in [0.29, 0.717) is 11.0 Å². The van der Waals surface area contributed by atoms with Gasteiger partial charge in [0.1, 0.15) is 6.61 Å². The highest BCUT2D eigenvalue weighted by atomic mass is 79.9. The fourth-order valence-electron chi connectivity index (χ4n) is 3.10. The molecule has 0 saturated heterocycles. The Morgan fingerprint density at radius 2 is 1.92 bits per heavy atom. The van der Waals surface area contributed by atoms with Gasteiger partial charge < -0.3 is 18.9 Å². The van der Waals surface area contributed by atoms with E-state index in [4.69, 9.17) is 9.47 Å². The number of halogens is 1. The van der Waals surface area contributed by atoms with E-state index < -0.39 is 6.23 Å². The van der Waals surface area contributed by atoms with Crippen LogP contribution in [0.25, 0.3) is 0 Å². The lowest BCUT2D eigenvalue weighted by atomic mass is 10.1. The van der Waals surface area contributed by atoms with Gasteiger partial charge >= 0.3 is 0 Å². The number of methoxy groups -OCH3 is 1. The van der Waals surface area contributed by atoms with E-state index in [1.165, 1.54) is 0 Å². The van der Waals surface area contributed by atoms with E-state index >= 15 is 0 Å². The van der Waals surface area contributed by atoms with Crippen LogP contribution in [0.3, 0.4) is 0 Å². The smallest absolute Gasteiger partial charge is 0.276 e. The summed E-state index contributed by atoms with van der Waals surface area (Å²) < 4.78 is 13.4. The molecule has 1 aromatic heterocycles. The number of rotatable bonds is 5. The van der Waals surface area contributed by atoms with Gasteiger partial charge in [-0.2, -0.15) is 0 Å². The van der Waals surface area contributed by atoms with E-state index in [9.17, 15) is 9.59 Å². The van der Waals surface area contributed by atoms with E-state index in [-0.39, 0.29) is 35.4 Å². The van der Waals surface area contributed by atoms with Gasteiger partial charge in [-0.25, -0.2) is 0 Å². The summed E-state index contributed by atoms with van der Waals surface area (Å²) in [5.74, 6) is -0.209. The van der Waals surface area contributed by atoms with Crippen molar-refractivity contribution in [1.82, 2.24) is 9.47 Å². The summed E-state index contributed by atoms with van der Waals surface area (Å²) in [6.45, 7) is 4.47. The molecule has 138 valence electrons. The first-order chi connectivity index (χ1) is 12.4. The zero-order valence-electron chi connectivity index (χ0n) is 14.9. The molecule has 7 heteroatoms. The van der Waals surface area contributed by atoms with Crippen molar-refractivity contribution in [1.29, 1.82) is 0 Å². The molecule has 1 amide bonds. The summed E-state index contributed by atoms with van der Waals surface area (Å²) in [5.41, 5.74) is 0.848. The van der Waals surface area contributed by atoms with Crippen molar-refractivity contribution >= 4 is 21.8 Å². The van der Waals surface area contributed by atoms with Crippen molar-refractivity contribution in [2.24, 2.45) is 0 Å². The number of pyridine rings is 1. The topological polar surface area (TPSA) is 60.8 Å². The van der Waals surface area contributed by atoms with E-state index in [2.05, 4.69) is 15.9 Å². The minimum atomic E-state index is -0.397. The Morgan fingerprint density at radius 3 is 2.54 bits per heavy atom.